The topological polar surface area (TPSA) is 81.3 Å². The van der Waals surface area contributed by atoms with Crippen molar-refractivity contribution >= 4 is 5.97 Å². The number of nitrogens with one attached hydrogen (secondary N) is 1. The lowest BCUT2D eigenvalue weighted by atomic mass is 9.87. The van der Waals surface area contributed by atoms with Gasteiger partial charge in [-0.3, -0.25) is 4.79 Å². The summed E-state index contributed by atoms with van der Waals surface area (Å²) in [5.41, 5.74) is 0.634. The van der Waals surface area contributed by atoms with E-state index in [1.807, 2.05) is 24.3 Å². The Hall–Kier alpha value is -2.63. The zero-order valence-electron chi connectivity index (χ0n) is 14.4. The number of ether oxygens (including phenoxy) is 2. The van der Waals surface area contributed by atoms with E-state index in [9.17, 15) is 9.59 Å². The summed E-state index contributed by atoms with van der Waals surface area (Å²) in [5.74, 6) is 0.338. The highest BCUT2D eigenvalue weighted by molar-refractivity contribution is 5.88. The van der Waals surface area contributed by atoms with Crippen molar-refractivity contribution < 1.29 is 14.3 Å². The van der Waals surface area contributed by atoms with Gasteiger partial charge in [-0.1, -0.05) is 32.9 Å². The number of rotatable bonds is 5. The predicted octanol–water partition coefficient (Wildman–Crippen LogP) is 2.82. The molecule has 0 radical (unpaired) electrons. The summed E-state index contributed by atoms with van der Waals surface area (Å²) in [7, 11) is 0. The van der Waals surface area contributed by atoms with Crippen LogP contribution in [0.4, 0.5) is 0 Å². The fourth-order valence-corrected chi connectivity index (χ4v) is 2.06. The van der Waals surface area contributed by atoms with Crippen LogP contribution in [0.2, 0.25) is 0 Å². The highest BCUT2D eigenvalue weighted by Crippen LogP contribution is 2.24. The number of aromatic nitrogens is 2. The third kappa shape index (κ3) is 4.44. The molecule has 0 saturated carbocycles. The first-order valence-corrected chi connectivity index (χ1v) is 7.80. The molecule has 1 aromatic carbocycles. The van der Waals surface area contributed by atoms with Crippen molar-refractivity contribution in [1.29, 1.82) is 0 Å². The van der Waals surface area contributed by atoms with Crippen LogP contribution in [0, 0.1) is 0 Å². The smallest absolute Gasteiger partial charge is 0.345 e. The molecule has 2 rings (SSSR count). The van der Waals surface area contributed by atoms with E-state index in [0.29, 0.717) is 11.6 Å². The van der Waals surface area contributed by atoms with Gasteiger partial charge in [-0.15, -0.1) is 0 Å². The third-order valence-corrected chi connectivity index (χ3v) is 3.44. The van der Waals surface area contributed by atoms with Crippen molar-refractivity contribution in [2.45, 2.75) is 39.7 Å². The molecule has 1 heterocycles. The minimum atomic E-state index is -0.684. The van der Waals surface area contributed by atoms with Gasteiger partial charge in [0.2, 0.25) is 0 Å². The highest BCUT2D eigenvalue weighted by atomic mass is 16.5. The van der Waals surface area contributed by atoms with Gasteiger partial charge in [-0.05, 0) is 30.0 Å². The average Bonchev–Trinajstić information content (AvgIpc) is 2.52. The molecule has 6 heteroatoms. The van der Waals surface area contributed by atoms with Crippen molar-refractivity contribution in [3.05, 3.63) is 57.8 Å². The molecule has 0 spiro atoms. The summed E-state index contributed by atoms with van der Waals surface area (Å²) < 4.78 is 10.4. The van der Waals surface area contributed by atoms with Crippen LogP contribution in [0.15, 0.2) is 35.3 Å². The van der Waals surface area contributed by atoms with Crippen LogP contribution in [0.25, 0.3) is 0 Å². The number of carbonyl (C=O) groups is 1. The second-order valence-corrected chi connectivity index (χ2v) is 6.36. The molecule has 128 valence electrons. The first-order valence-electron chi connectivity index (χ1n) is 7.80. The number of nitrogens with zero attached hydrogens (tertiary/aromatic N) is 1. The third-order valence-electron chi connectivity index (χ3n) is 3.44. The Labute approximate surface area is 140 Å². The zero-order valence-corrected chi connectivity index (χ0v) is 14.4. The van der Waals surface area contributed by atoms with Crippen molar-refractivity contribution in [1.82, 2.24) is 9.97 Å². The molecule has 0 unspecified atom stereocenters. The predicted molar refractivity (Wildman–Crippen MR) is 90.3 cm³/mol. The van der Waals surface area contributed by atoms with Crippen LogP contribution in [0.3, 0.4) is 0 Å². The normalized spacial score (nSPS) is 11.2. The fourth-order valence-electron chi connectivity index (χ4n) is 2.06. The van der Waals surface area contributed by atoms with E-state index in [0.717, 1.165) is 0 Å². The minimum absolute atomic E-state index is 0.0776. The van der Waals surface area contributed by atoms with Crippen LogP contribution in [-0.4, -0.2) is 22.5 Å². The Balaban J connectivity index is 2.03. The van der Waals surface area contributed by atoms with Gasteiger partial charge >= 0.3 is 5.97 Å². The second kappa shape index (κ2) is 7.29. The molecule has 0 aliphatic rings. The van der Waals surface area contributed by atoms with Gasteiger partial charge in [-0.25, -0.2) is 9.78 Å². The molecule has 0 aliphatic heterocycles. The Kier molecular flexibility index (Phi) is 5.39. The van der Waals surface area contributed by atoms with Gasteiger partial charge in [0.05, 0.1) is 6.61 Å². The van der Waals surface area contributed by atoms with Crippen molar-refractivity contribution in [2.24, 2.45) is 0 Å². The van der Waals surface area contributed by atoms with Gasteiger partial charge in [0.25, 0.3) is 5.56 Å². The van der Waals surface area contributed by atoms with Gasteiger partial charge < -0.3 is 14.5 Å². The maximum atomic E-state index is 11.9. The Bertz CT molecular complexity index is 758. The van der Waals surface area contributed by atoms with E-state index in [1.54, 1.807) is 6.92 Å². The van der Waals surface area contributed by atoms with E-state index >= 15 is 0 Å². The van der Waals surface area contributed by atoms with Crippen LogP contribution >= 0.6 is 0 Å². The minimum Gasteiger partial charge on any atom is -0.486 e. The number of carbonyl (C=O) groups excluding carboxylic acids is 1. The van der Waals surface area contributed by atoms with Gasteiger partial charge in [0, 0.05) is 6.20 Å². The molecular formula is C18H22N2O4. The summed E-state index contributed by atoms with van der Waals surface area (Å²) in [6.45, 7) is 8.40. The molecule has 0 saturated heterocycles. The largest absolute Gasteiger partial charge is 0.486 e. The zero-order chi connectivity index (χ0) is 17.7. The van der Waals surface area contributed by atoms with Crippen LogP contribution in [0.1, 0.15) is 49.4 Å². The number of benzene rings is 1. The molecule has 6 nitrogen and oxygen atoms in total. The lowest BCUT2D eigenvalue weighted by molar-refractivity contribution is 0.0523. The molecular weight excluding hydrogens is 308 g/mol. The summed E-state index contributed by atoms with van der Waals surface area (Å²) in [4.78, 5) is 30.0. The quantitative estimate of drug-likeness (QED) is 0.853. The number of hydrogen-bond donors (Lipinski definition) is 1. The number of hydrogen-bond acceptors (Lipinski definition) is 5. The van der Waals surface area contributed by atoms with Crippen LogP contribution in [-0.2, 0) is 16.8 Å². The van der Waals surface area contributed by atoms with E-state index in [4.69, 9.17) is 9.47 Å². The molecule has 0 fully saturated rings. The first kappa shape index (κ1) is 17.7. The summed E-state index contributed by atoms with van der Waals surface area (Å²) in [6.07, 6.45) is 1.21. The first-order chi connectivity index (χ1) is 11.3. The lowest BCUT2D eigenvalue weighted by Crippen LogP contribution is -2.22. The van der Waals surface area contributed by atoms with E-state index < -0.39 is 11.5 Å². The van der Waals surface area contributed by atoms with Gasteiger partial charge in [-0.2, -0.15) is 0 Å². The molecule has 2 aromatic rings. The van der Waals surface area contributed by atoms with E-state index in [2.05, 4.69) is 30.7 Å². The summed E-state index contributed by atoms with van der Waals surface area (Å²) >= 11 is 0. The van der Waals surface area contributed by atoms with E-state index in [1.165, 1.54) is 11.8 Å². The molecule has 0 amide bonds. The molecule has 1 aromatic heterocycles. The SMILES string of the molecule is CCOC(=O)c1cnc(COc2ccc(C(C)(C)C)cc2)[nH]c1=O. The van der Waals surface area contributed by atoms with Crippen molar-refractivity contribution in [3.63, 3.8) is 0 Å². The Morgan fingerprint density at radius 3 is 2.42 bits per heavy atom. The average molecular weight is 330 g/mol. The second-order valence-electron chi connectivity index (χ2n) is 6.36. The molecule has 0 atom stereocenters. The maximum absolute atomic E-state index is 11.9. The summed E-state index contributed by atoms with van der Waals surface area (Å²) in [5, 5.41) is 0. The van der Waals surface area contributed by atoms with Crippen LogP contribution in [0.5, 0.6) is 5.75 Å². The molecule has 24 heavy (non-hydrogen) atoms. The molecule has 0 bridgehead atoms. The van der Waals surface area contributed by atoms with Crippen LogP contribution < -0.4 is 10.3 Å². The maximum Gasteiger partial charge on any atom is 0.345 e. The lowest BCUT2D eigenvalue weighted by Gasteiger charge is -2.19. The number of esters is 1. The highest BCUT2D eigenvalue weighted by Gasteiger charge is 2.14. The monoisotopic (exact) mass is 330 g/mol. The van der Waals surface area contributed by atoms with Gasteiger partial charge in [0.1, 0.15) is 23.7 Å². The molecule has 0 aliphatic carbocycles. The Morgan fingerprint density at radius 2 is 1.88 bits per heavy atom. The van der Waals surface area contributed by atoms with Crippen molar-refractivity contribution in [3.8, 4) is 5.75 Å². The number of H-pyrrole nitrogens is 1. The molecule has 1 N–H and O–H groups in total. The van der Waals surface area contributed by atoms with Gasteiger partial charge in [0.15, 0.2) is 0 Å². The standard InChI is InChI=1S/C18H22N2O4/c1-5-23-17(22)14-10-19-15(20-16(14)21)11-24-13-8-6-12(7-9-13)18(2,3)4/h6-10H,5,11H2,1-4H3,(H,19,20,21). The summed E-state index contributed by atoms with van der Waals surface area (Å²) in [6, 6.07) is 7.78. The fraction of sp³-hybridized carbons (Fsp3) is 0.389. The number of aromatic amines is 1. The Morgan fingerprint density at radius 1 is 1.21 bits per heavy atom. The van der Waals surface area contributed by atoms with E-state index in [-0.39, 0.29) is 24.2 Å². The van der Waals surface area contributed by atoms with Crippen molar-refractivity contribution in [2.75, 3.05) is 6.61 Å².